The molecule has 0 saturated heterocycles. The number of ether oxygens (including phenoxy) is 1. The van der Waals surface area contributed by atoms with Crippen molar-refractivity contribution in [3.05, 3.63) is 59.7 Å². The smallest absolute Gasteiger partial charge is 0.276 e. The first-order chi connectivity index (χ1) is 10.0. The van der Waals surface area contributed by atoms with E-state index in [2.05, 4.69) is 11.5 Å². The zero-order valence-corrected chi connectivity index (χ0v) is 12.6. The van der Waals surface area contributed by atoms with Crippen LogP contribution in [0.15, 0.2) is 48.5 Å². The van der Waals surface area contributed by atoms with Gasteiger partial charge in [0.1, 0.15) is 5.75 Å². The van der Waals surface area contributed by atoms with Gasteiger partial charge in [0.2, 0.25) is 0 Å². The highest BCUT2D eigenvalue weighted by Gasteiger charge is 2.07. The Morgan fingerprint density at radius 1 is 1.10 bits per heavy atom. The van der Waals surface area contributed by atoms with Crippen LogP contribution in [0.1, 0.15) is 11.1 Å². The van der Waals surface area contributed by atoms with Gasteiger partial charge in [0.15, 0.2) is 6.61 Å². The predicted molar refractivity (Wildman–Crippen MR) is 84.4 cm³/mol. The van der Waals surface area contributed by atoms with Crippen molar-refractivity contribution >= 4 is 11.6 Å². The van der Waals surface area contributed by atoms with Crippen LogP contribution >= 0.6 is 0 Å². The number of para-hydroxylation sites is 1. The summed E-state index contributed by atoms with van der Waals surface area (Å²) >= 11 is 0. The first-order valence-electron chi connectivity index (χ1n) is 6.84. The third-order valence-electron chi connectivity index (χ3n) is 3.00. The first kappa shape index (κ1) is 14.9. The molecule has 21 heavy (non-hydrogen) atoms. The van der Waals surface area contributed by atoms with E-state index in [0.29, 0.717) is 5.75 Å². The molecule has 0 unspecified atom stereocenters. The zero-order valence-electron chi connectivity index (χ0n) is 12.6. The Labute approximate surface area is 125 Å². The van der Waals surface area contributed by atoms with Crippen LogP contribution in [0.5, 0.6) is 5.75 Å². The lowest BCUT2D eigenvalue weighted by Crippen LogP contribution is -2.41. The summed E-state index contributed by atoms with van der Waals surface area (Å²) in [5.74, 6) is 0.519. The maximum absolute atomic E-state index is 11.9. The van der Waals surface area contributed by atoms with E-state index in [0.717, 1.165) is 16.8 Å². The molecule has 0 aliphatic carbocycles. The molecule has 4 heteroatoms. The highest BCUT2D eigenvalue weighted by molar-refractivity contribution is 5.79. The van der Waals surface area contributed by atoms with E-state index in [1.54, 1.807) is 12.1 Å². The van der Waals surface area contributed by atoms with Gasteiger partial charge in [0.25, 0.3) is 5.91 Å². The van der Waals surface area contributed by atoms with Crippen LogP contribution in [0.4, 0.5) is 5.69 Å². The standard InChI is InChI=1S/C17H20N2O2/c1-13-9-14(2)11-16(10-13)21-12-17(20)18-19(3)15-7-5-4-6-8-15/h4-11H,12H2,1-3H3,(H,18,20). The summed E-state index contributed by atoms with van der Waals surface area (Å²) < 4.78 is 5.53. The molecule has 110 valence electrons. The molecule has 2 aromatic carbocycles. The van der Waals surface area contributed by atoms with E-state index in [9.17, 15) is 4.79 Å². The Bertz CT molecular complexity index is 591. The molecule has 0 radical (unpaired) electrons. The van der Waals surface area contributed by atoms with Gasteiger partial charge in [-0.15, -0.1) is 0 Å². The molecule has 2 aromatic rings. The van der Waals surface area contributed by atoms with Gasteiger partial charge in [-0.3, -0.25) is 15.2 Å². The maximum atomic E-state index is 11.9. The molecule has 0 saturated carbocycles. The zero-order chi connectivity index (χ0) is 15.2. The summed E-state index contributed by atoms with van der Waals surface area (Å²) in [5, 5.41) is 1.67. The number of anilines is 1. The summed E-state index contributed by atoms with van der Waals surface area (Å²) in [6, 6.07) is 15.5. The Morgan fingerprint density at radius 3 is 2.33 bits per heavy atom. The van der Waals surface area contributed by atoms with E-state index in [1.807, 2.05) is 56.3 Å². The molecule has 0 aliphatic heterocycles. The van der Waals surface area contributed by atoms with Gasteiger partial charge in [-0.25, -0.2) is 0 Å². The molecule has 0 heterocycles. The SMILES string of the molecule is Cc1cc(C)cc(OCC(=O)NN(C)c2ccccc2)c1. The summed E-state index contributed by atoms with van der Waals surface area (Å²) in [7, 11) is 1.80. The van der Waals surface area contributed by atoms with E-state index in [-0.39, 0.29) is 12.5 Å². The Hall–Kier alpha value is -2.49. The Balaban J connectivity index is 1.87. The summed E-state index contributed by atoms with van der Waals surface area (Å²) in [4.78, 5) is 11.9. The van der Waals surface area contributed by atoms with Crippen LogP contribution in [0.3, 0.4) is 0 Å². The third-order valence-corrected chi connectivity index (χ3v) is 3.00. The van der Waals surface area contributed by atoms with Gasteiger partial charge in [0.05, 0.1) is 5.69 Å². The summed E-state index contributed by atoms with van der Waals surface area (Å²) in [6.45, 7) is 3.99. The average Bonchev–Trinajstić information content (AvgIpc) is 2.45. The molecule has 4 nitrogen and oxygen atoms in total. The molecule has 0 bridgehead atoms. The fraction of sp³-hybridized carbons (Fsp3) is 0.235. The second-order valence-corrected chi connectivity index (χ2v) is 5.04. The predicted octanol–water partition coefficient (Wildman–Crippen LogP) is 2.85. The number of rotatable bonds is 5. The van der Waals surface area contributed by atoms with Crippen molar-refractivity contribution in [1.82, 2.24) is 5.43 Å². The van der Waals surface area contributed by atoms with E-state index < -0.39 is 0 Å². The van der Waals surface area contributed by atoms with Gasteiger partial charge >= 0.3 is 0 Å². The number of nitrogens with one attached hydrogen (secondary N) is 1. The summed E-state index contributed by atoms with van der Waals surface area (Å²) in [5.41, 5.74) is 5.91. The number of hydrogen-bond donors (Lipinski definition) is 1. The second kappa shape index (κ2) is 6.79. The van der Waals surface area contributed by atoms with Crippen molar-refractivity contribution in [2.45, 2.75) is 13.8 Å². The van der Waals surface area contributed by atoms with Crippen molar-refractivity contribution in [2.75, 3.05) is 18.7 Å². The van der Waals surface area contributed by atoms with Crippen LogP contribution in [-0.2, 0) is 4.79 Å². The van der Waals surface area contributed by atoms with Gasteiger partial charge < -0.3 is 4.74 Å². The number of hydrogen-bond acceptors (Lipinski definition) is 3. The normalized spacial score (nSPS) is 10.0. The fourth-order valence-corrected chi connectivity index (χ4v) is 2.10. The molecular formula is C17H20N2O2. The molecule has 2 rings (SSSR count). The van der Waals surface area contributed by atoms with Gasteiger partial charge in [-0.2, -0.15) is 0 Å². The molecule has 0 aliphatic rings. The largest absolute Gasteiger partial charge is 0.484 e. The van der Waals surface area contributed by atoms with Gasteiger partial charge in [-0.05, 0) is 49.2 Å². The molecular weight excluding hydrogens is 264 g/mol. The van der Waals surface area contributed by atoms with Crippen LogP contribution < -0.4 is 15.2 Å². The van der Waals surface area contributed by atoms with E-state index in [4.69, 9.17) is 4.74 Å². The monoisotopic (exact) mass is 284 g/mol. The lowest BCUT2D eigenvalue weighted by atomic mass is 10.1. The second-order valence-electron chi connectivity index (χ2n) is 5.04. The number of amides is 1. The molecule has 0 aromatic heterocycles. The molecule has 0 spiro atoms. The Morgan fingerprint density at radius 2 is 1.71 bits per heavy atom. The number of benzene rings is 2. The van der Waals surface area contributed by atoms with Crippen LogP contribution in [-0.4, -0.2) is 19.6 Å². The molecule has 1 amide bonds. The van der Waals surface area contributed by atoms with Crippen LogP contribution in [0.25, 0.3) is 0 Å². The number of aryl methyl sites for hydroxylation is 2. The lowest BCUT2D eigenvalue weighted by Gasteiger charge is -2.20. The number of carbonyl (C=O) groups excluding carboxylic acids is 1. The van der Waals surface area contributed by atoms with Gasteiger partial charge in [-0.1, -0.05) is 24.3 Å². The van der Waals surface area contributed by atoms with Crippen LogP contribution in [0.2, 0.25) is 0 Å². The van der Waals surface area contributed by atoms with Crippen molar-refractivity contribution in [1.29, 1.82) is 0 Å². The lowest BCUT2D eigenvalue weighted by molar-refractivity contribution is -0.123. The number of hydrazine groups is 1. The first-order valence-corrected chi connectivity index (χ1v) is 6.84. The minimum Gasteiger partial charge on any atom is -0.484 e. The van der Waals surface area contributed by atoms with Crippen molar-refractivity contribution in [3.63, 3.8) is 0 Å². The molecule has 0 atom stereocenters. The average molecular weight is 284 g/mol. The number of nitrogens with zero attached hydrogens (tertiary/aromatic N) is 1. The Kier molecular flexibility index (Phi) is 4.82. The minimum absolute atomic E-state index is 0.0138. The highest BCUT2D eigenvalue weighted by Crippen LogP contribution is 2.16. The highest BCUT2D eigenvalue weighted by atomic mass is 16.5. The van der Waals surface area contributed by atoms with E-state index in [1.165, 1.54) is 0 Å². The minimum atomic E-state index is -0.194. The van der Waals surface area contributed by atoms with Crippen LogP contribution in [0, 0.1) is 13.8 Å². The molecule has 0 fully saturated rings. The van der Waals surface area contributed by atoms with Crippen molar-refractivity contribution in [2.24, 2.45) is 0 Å². The van der Waals surface area contributed by atoms with E-state index >= 15 is 0 Å². The van der Waals surface area contributed by atoms with Crippen molar-refractivity contribution in [3.8, 4) is 5.75 Å². The topological polar surface area (TPSA) is 41.6 Å². The molecule has 1 N–H and O–H groups in total. The summed E-state index contributed by atoms with van der Waals surface area (Å²) in [6.07, 6.45) is 0. The number of carbonyl (C=O) groups is 1. The third kappa shape index (κ3) is 4.53. The van der Waals surface area contributed by atoms with Crippen molar-refractivity contribution < 1.29 is 9.53 Å². The fourth-order valence-electron chi connectivity index (χ4n) is 2.10. The maximum Gasteiger partial charge on any atom is 0.276 e. The van der Waals surface area contributed by atoms with Gasteiger partial charge in [0, 0.05) is 7.05 Å². The quantitative estimate of drug-likeness (QED) is 0.858.